The van der Waals surface area contributed by atoms with Crippen LogP contribution in [0.15, 0.2) is 12.4 Å². The Kier molecular flexibility index (Phi) is 2.83. The first kappa shape index (κ1) is 10.4. The Morgan fingerprint density at radius 3 is 3.35 bits per heavy atom. The minimum atomic E-state index is 0.392. The van der Waals surface area contributed by atoms with Crippen LogP contribution in [0.2, 0.25) is 0 Å². The van der Waals surface area contributed by atoms with Gasteiger partial charge in [0.1, 0.15) is 5.82 Å². The average Bonchev–Trinajstić information content (AvgIpc) is 2.99. The van der Waals surface area contributed by atoms with E-state index in [0.29, 0.717) is 11.8 Å². The van der Waals surface area contributed by atoms with Crippen LogP contribution < -0.4 is 5.32 Å². The fourth-order valence-corrected chi connectivity index (χ4v) is 2.03. The van der Waals surface area contributed by atoms with Crippen LogP contribution in [0.4, 0.5) is 5.82 Å². The number of nitrogens with one attached hydrogen (secondary N) is 1. The maximum atomic E-state index is 5.56. The van der Waals surface area contributed by atoms with E-state index in [0.717, 1.165) is 31.8 Å². The molecule has 7 nitrogen and oxygen atoms in total. The lowest BCUT2D eigenvalue weighted by Crippen LogP contribution is -2.14. The summed E-state index contributed by atoms with van der Waals surface area (Å²) in [6, 6.07) is 0. The third-order valence-electron chi connectivity index (χ3n) is 2.91. The second kappa shape index (κ2) is 4.62. The molecule has 2 aromatic heterocycles. The van der Waals surface area contributed by atoms with E-state index in [2.05, 4.69) is 25.8 Å². The molecule has 0 amide bonds. The van der Waals surface area contributed by atoms with Gasteiger partial charge in [0.2, 0.25) is 0 Å². The summed E-state index contributed by atoms with van der Waals surface area (Å²) in [4.78, 5) is 4.08. The van der Waals surface area contributed by atoms with Crippen molar-refractivity contribution in [3.8, 4) is 0 Å². The predicted molar refractivity (Wildman–Crippen MR) is 60.7 cm³/mol. The highest BCUT2D eigenvalue weighted by molar-refractivity contribution is 5.43. The summed E-state index contributed by atoms with van der Waals surface area (Å²) in [5.74, 6) is 0.811. The first-order chi connectivity index (χ1) is 8.43. The Morgan fingerprint density at radius 2 is 2.47 bits per heavy atom. The first-order valence-electron chi connectivity index (χ1n) is 5.81. The van der Waals surface area contributed by atoms with Crippen LogP contribution in [-0.2, 0) is 4.74 Å². The summed E-state index contributed by atoms with van der Waals surface area (Å²) in [7, 11) is 0. The second-order valence-corrected chi connectivity index (χ2v) is 4.09. The van der Waals surface area contributed by atoms with Crippen LogP contribution in [0, 0.1) is 0 Å². The molecule has 3 rings (SSSR count). The van der Waals surface area contributed by atoms with Crippen molar-refractivity contribution >= 4 is 11.5 Å². The van der Waals surface area contributed by atoms with Crippen LogP contribution in [0.5, 0.6) is 0 Å². The van der Waals surface area contributed by atoms with E-state index in [-0.39, 0.29) is 0 Å². The van der Waals surface area contributed by atoms with Gasteiger partial charge in [-0.15, -0.1) is 5.10 Å². The molecule has 0 aliphatic carbocycles. The molecule has 1 atom stereocenters. The zero-order chi connectivity index (χ0) is 11.5. The van der Waals surface area contributed by atoms with Crippen molar-refractivity contribution in [1.29, 1.82) is 0 Å². The van der Waals surface area contributed by atoms with Gasteiger partial charge in [-0.05, 0) is 29.7 Å². The summed E-state index contributed by atoms with van der Waals surface area (Å²) in [5, 5.41) is 14.6. The lowest BCUT2D eigenvalue weighted by Gasteiger charge is -2.10. The van der Waals surface area contributed by atoms with Gasteiger partial charge >= 0.3 is 0 Å². The third kappa shape index (κ3) is 2.19. The highest BCUT2D eigenvalue weighted by Crippen LogP contribution is 2.15. The molecule has 1 aliphatic heterocycles. The van der Waals surface area contributed by atoms with Crippen LogP contribution in [-0.4, -0.2) is 44.3 Å². The van der Waals surface area contributed by atoms with Crippen LogP contribution in [0.3, 0.4) is 0 Å². The lowest BCUT2D eigenvalue weighted by molar-refractivity contribution is 0.107. The number of tetrazole rings is 1. The van der Waals surface area contributed by atoms with E-state index in [1.54, 1.807) is 16.9 Å². The molecule has 17 heavy (non-hydrogen) atoms. The van der Waals surface area contributed by atoms with Gasteiger partial charge in [0, 0.05) is 13.2 Å². The van der Waals surface area contributed by atoms with Crippen LogP contribution in [0.25, 0.3) is 5.65 Å². The number of anilines is 1. The van der Waals surface area contributed by atoms with E-state index in [9.17, 15) is 0 Å². The molecule has 2 aromatic rings. The molecule has 1 fully saturated rings. The maximum Gasteiger partial charge on any atom is 0.199 e. The van der Waals surface area contributed by atoms with Gasteiger partial charge in [-0.1, -0.05) is 0 Å². The molecule has 1 aliphatic rings. The minimum Gasteiger partial charge on any atom is -0.378 e. The zero-order valence-corrected chi connectivity index (χ0v) is 9.41. The molecule has 1 saturated heterocycles. The predicted octanol–water partition coefficient (Wildman–Crippen LogP) is 0.500. The van der Waals surface area contributed by atoms with Crippen LogP contribution >= 0.6 is 0 Å². The molecule has 90 valence electrons. The highest BCUT2D eigenvalue weighted by Gasteiger charge is 2.14. The topological polar surface area (TPSA) is 77.2 Å². The average molecular weight is 234 g/mol. The summed E-state index contributed by atoms with van der Waals surface area (Å²) < 4.78 is 7.20. The van der Waals surface area contributed by atoms with E-state index < -0.39 is 0 Å². The second-order valence-electron chi connectivity index (χ2n) is 4.09. The summed E-state index contributed by atoms with van der Waals surface area (Å²) >= 11 is 0. The van der Waals surface area contributed by atoms with Gasteiger partial charge in [-0.2, -0.15) is 4.52 Å². The number of hydrogen-bond acceptors (Lipinski definition) is 6. The van der Waals surface area contributed by atoms with Gasteiger partial charge in [0.25, 0.3) is 0 Å². The van der Waals surface area contributed by atoms with Crippen LogP contribution in [0.1, 0.15) is 19.3 Å². The molecule has 3 heterocycles. The molecule has 1 N–H and O–H groups in total. The van der Waals surface area contributed by atoms with Crippen molar-refractivity contribution in [3.05, 3.63) is 12.4 Å². The number of rotatable bonds is 4. The molecule has 0 saturated carbocycles. The largest absolute Gasteiger partial charge is 0.378 e. The zero-order valence-electron chi connectivity index (χ0n) is 9.41. The minimum absolute atomic E-state index is 0.392. The van der Waals surface area contributed by atoms with Gasteiger partial charge in [0.05, 0.1) is 18.5 Å². The lowest BCUT2D eigenvalue weighted by atomic mass is 10.2. The highest BCUT2D eigenvalue weighted by atomic mass is 16.5. The number of nitrogens with zero attached hydrogens (tertiary/aromatic N) is 5. The standard InChI is InChI=1S/C10H14N6O/c1-2-8(17-5-1)3-4-12-9-6-11-7-10-13-14-15-16(9)10/h6-8,12H,1-5H2. The van der Waals surface area contributed by atoms with E-state index in [1.165, 1.54) is 6.42 Å². The Labute approximate surface area is 98.2 Å². The van der Waals surface area contributed by atoms with Crippen molar-refractivity contribution in [1.82, 2.24) is 25.0 Å². The molecule has 0 spiro atoms. The van der Waals surface area contributed by atoms with Gasteiger partial charge in [-0.3, -0.25) is 4.98 Å². The molecule has 0 bridgehead atoms. The molecule has 0 aromatic carbocycles. The van der Waals surface area contributed by atoms with Gasteiger partial charge in [-0.25, -0.2) is 0 Å². The van der Waals surface area contributed by atoms with Crippen molar-refractivity contribution in [2.45, 2.75) is 25.4 Å². The molecular weight excluding hydrogens is 220 g/mol. The van der Waals surface area contributed by atoms with Gasteiger partial charge < -0.3 is 10.1 Å². The smallest absolute Gasteiger partial charge is 0.199 e. The summed E-state index contributed by atoms with van der Waals surface area (Å²) in [6.07, 6.45) is 7.08. The molecular formula is C10H14N6O. The Hall–Kier alpha value is -1.76. The number of fused-ring (bicyclic) bond motifs is 1. The monoisotopic (exact) mass is 234 g/mol. The van der Waals surface area contributed by atoms with E-state index in [4.69, 9.17) is 4.74 Å². The Balaban J connectivity index is 1.62. The normalized spacial score (nSPS) is 19.9. The number of ether oxygens (including phenoxy) is 1. The quantitative estimate of drug-likeness (QED) is 0.830. The van der Waals surface area contributed by atoms with Crippen molar-refractivity contribution in [2.75, 3.05) is 18.5 Å². The fraction of sp³-hybridized carbons (Fsp3) is 0.600. The van der Waals surface area contributed by atoms with E-state index >= 15 is 0 Å². The van der Waals surface area contributed by atoms with Crippen molar-refractivity contribution < 1.29 is 4.74 Å². The molecule has 1 unspecified atom stereocenters. The SMILES string of the molecule is c1ncc2nnnn2c1NCCC1CCCO1. The Morgan fingerprint density at radius 1 is 1.47 bits per heavy atom. The van der Waals surface area contributed by atoms with Gasteiger partial charge in [0.15, 0.2) is 5.65 Å². The first-order valence-corrected chi connectivity index (χ1v) is 5.81. The van der Waals surface area contributed by atoms with Crippen molar-refractivity contribution in [3.63, 3.8) is 0 Å². The van der Waals surface area contributed by atoms with E-state index in [1.807, 2.05) is 0 Å². The molecule has 0 radical (unpaired) electrons. The molecule has 7 heteroatoms. The summed E-state index contributed by atoms with van der Waals surface area (Å²) in [5.41, 5.74) is 0.645. The number of aromatic nitrogens is 5. The third-order valence-corrected chi connectivity index (χ3v) is 2.91. The number of hydrogen-bond donors (Lipinski definition) is 1. The Bertz CT molecular complexity index is 492. The maximum absolute atomic E-state index is 5.56. The fourth-order valence-electron chi connectivity index (χ4n) is 2.03. The summed E-state index contributed by atoms with van der Waals surface area (Å²) in [6.45, 7) is 1.74. The van der Waals surface area contributed by atoms with Crippen molar-refractivity contribution in [2.24, 2.45) is 0 Å².